The van der Waals surface area contributed by atoms with Gasteiger partial charge in [0.1, 0.15) is 45.2 Å². The molecular formula is C22H22Cl2FN3O5. The third-order valence-corrected chi connectivity index (χ3v) is 5.93. The Kier molecular flexibility index (Phi) is 6.05. The molecule has 1 fully saturated rings. The zero-order valence-electron chi connectivity index (χ0n) is 18.2. The minimum absolute atomic E-state index is 0.0147. The summed E-state index contributed by atoms with van der Waals surface area (Å²) in [7, 11) is 0. The minimum atomic E-state index is -0.759. The van der Waals surface area contributed by atoms with E-state index < -0.39 is 29.5 Å². The van der Waals surface area contributed by atoms with Gasteiger partial charge in [0, 0.05) is 19.6 Å². The molecule has 2 aromatic rings. The van der Waals surface area contributed by atoms with Crippen molar-refractivity contribution >= 4 is 35.2 Å². The molecule has 0 bridgehead atoms. The maximum absolute atomic E-state index is 14.4. The van der Waals surface area contributed by atoms with Gasteiger partial charge in [0.25, 0.3) is 5.91 Å². The number of aromatic nitrogens is 1. The van der Waals surface area contributed by atoms with E-state index in [2.05, 4.69) is 4.98 Å². The number of benzene rings is 1. The molecule has 11 heteroatoms. The number of piperazine rings is 1. The number of hydrogen-bond acceptors (Lipinski definition) is 6. The molecule has 0 unspecified atom stereocenters. The Labute approximate surface area is 199 Å². The first-order valence-corrected chi connectivity index (χ1v) is 11.0. The SMILES string of the molecule is CC(C)(C)OC(=O)N1CCN2C(=O)c3c(Cl)nc(-c4c(O)cccc4F)c(Cl)c3OC[C@H]2C1. The van der Waals surface area contributed by atoms with Crippen molar-refractivity contribution in [3.8, 4) is 22.8 Å². The van der Waals surface area contributed by atoms with Crippen LogP contribution in [0, 0.1) is 5.82 Å². The van der Waals surface area contributed by atoms with E-state index in [4.69, 9.17) is 32.7 Å². The van der Waals surface area contributed by atoms with E-state index in [9.17, 15) is 19.1 Å². The van der Waals surface area contributed by atoms with Crippen LogP contribution >= 0.6 is 23.2 Å². The lowest BCUT2D eigenvalue weighted by atomic mass is 10.1. The molecule has 33 heavy (non-hydrogen) atoms. The van der Waals surface area contributed by atoms with Crippen LogP contribution in [-0.2, 0) is 4.74 Å². The summed E-state index contributed by atoms with van der Waals surface area (Å²) in [4.78, 5) is 33.0. The topological polar surface area (TPSA) is 92.2 Å². The number of phenols is 1. The fourth-order valence-electron chi connectivity index (χ4n) is 3.83. The molecule has 1 aromatic heterocycles. The highest BCUT2D eigenvalue weighted by Gasteiger charge is 2.40. The number of pyridine rings is 1. The van der Waals surface area contributed by atoms with Crippen LogP contribution in [0.1, 0.15) is 31.1 Å². The number of aromatic hydroxyl groups is 1. The van der Waals surface area contributed by atoms with Crippen LogP contribution in [0.3, 0.4) is 0 Å². The first-order chi connectivity index (χ1) is 15.5. The number of amides is 2. The molecule has 0 spiro atoms. The van der Waals surface area contributed by atoms with Gasteiger partial charge in [0.05, 0.1) is 11.6 Å². The van der Waals surface area contributed by atoms with Gasteiger partial charge in [0.15, 0.2) is 5.75 Å². The molecule has 2 amide bonds. The lowest BCUT2D eigenvalue weighted by Crippen LogP contribution is -2.58. The molecule has 1 aromatic carbocycles. The Hall–Kier alpha value is -2.78. The number of ether oxygens (including phenoxy) is 2. The number of halogens is 3. The van der Waals surface area contributed by atoms with Gasteiger partial charge in [0.2, 0.25) is 0 Å². The predicted octanol–water partition coefficient (Wildman–Crippen LogP) is 4.35. The fraction of sp³-hybridized carbons (Fsp3) is 0.409. The second-order valence-electron chi connectivity index (χ2n) is 8.79. The van der Waals surface area contributed by atoms with Crippen molar-refractivity contribution in [3.05, 3.63) is 39.8 Å². The van der Waals surface area contributed by atoms with Crippen LogP contribution < -0.4 is 4.74 Å². The number of carbonyl (C=O) groups excluding carboxylic acids is 2. The quantitative estimate of drug-likeness (QED) is 0.588. The molecule has 1 atom stereocenters. The predicted molar refractivity (Wildman–Crippen MR) is 119 cm³/mol. The average molecular weight is 498 g/mol. The molecule has 176 valence electrons. The van der Waals surface area contributed by atoms with Gasteiger partial charge >= 0.3 is 6.09 Å². The van der Waals surface area contributed by atoms with Gasteiger partial charge in [-0.2, -0.15) is 0 Å². The van der Waals surface area contributed by atoms with E-state index in [0.29, 0.717) is 0 Å². The highest BCUT2D eigenvalue weighted by Crippen LogP contribution is 2.44. The number of phenolic OH excluding ortho intramolecular Hbond substituents is 1. The number of rotatable bonds is 1. The van der Waals surface area contributed by atoms with Crippen LogP contribution in [0.5, 0.6) is 11.5 Å². The van der Waals surface area contributed by atoms with Crippen LogP contribution in [-0.4, -0.2) is 69.8 Å². The Balaban J connectivity index is 1.68. The second kappa shape index (κ2) is 8.53. The largest absolute Gasteiger partial charge is 0.507 e. The van der Waals surface area contributed by atoms with Crippen LogP contribution in [0.2, 0.25) is 10.2 Å². The van der Waals surface area contributed by atoms with E-state index in [1.165, 1.54) is 17.0 Å². The van der Waals surface area contributed by atoms with E-state index >= 15 is 0 Å². The Morgan fingerprint density at radius 3 is 2.67 bits per heavy atom. The van der Waals surface area contributed by atoms with Crippen molar-refractivity contribution in [3.63, 3.8) is 0 Å². The zero-order chi connectivity index (χ0) is 24.1. The standard InChI is InChI=1S/C22H22Cl2FN3O5/c1-22(2,3)33-21(31)27-7-8-28-11(9-27)10-32-18-15(20(28)30)19(24)26-17(16(18)23)14-12(25)5-4-6-13(14)29/h4-6,11,29H,7-10H2,1-3H3/t11-/m1/s1. The molecule has 0 saturated carbocycles. The van der Waals surface area contributed by atoms with Crippen molar-refractivity contribution in [2.45, 2.75) is 32.4 Å². The van der Waals surface area contributed by atoms with Crippen molar-refractivity contribution in [2.75, 3.05) is 26.2 Å². The molecule has 1 saturated heterocycles. The summed E-state index contributed by atoms with van der Waals surface area (Å²) in [6.45, 7) is 6.04. The van der Waals surface area contributed by atoms with Crippen molar-refractivity contribution < 1.29 is 28.6 Å². The van der Waals surface area contributed by atoms with Gasteiger partial charge in [-0.25, -0.2) is 14.2 Å². The van der Waals surface area contributed by atoms with E-state index in [1.807, 2.05) is 0 Å². The van der Waals surface area contributed by atoms with Gasteiger partial charge in [-0.15, -0.1) is 0 Å². The maximum Gasteiger partial charge on any atom is 0.410 e. The summed E-state index contributed by atoms with van der Waals surface area (Å²) in [5, 5.41) is 9.78. The molecule has 3 heterocycles. The van der Waals surface area contributed by atoms with Crippen molar-refractivity contribution in [2.24, 2.45) is 0 Å². The first-order valence-electron chi connectivity index (χ1n) is 10.3. The zero-order valence-corrected chi connectivity index (χ0v) is 19.7. The molecule has 0 radical (unpaired) electrons. The molecule has 8 nitrogen and oxygen atoms in total. The first kappa shape index (κ1) is 23.4. The van der Waals surface area contributed by atoms with Crippen molar-refractivity contribution in [1.82, 2.24) is 14.8 Å². The van der Waals surface area contributed by atoms with Gasteiger partial charge in [-0.05, 0) is 32.9 Å². The summed E-state index contributed by atoms with van der Waals surface area (Å²) in [5.74, 6) is -1.64. The summed E-state index contributed by atoms with van der Waals surface area (Å²) in [6, 6.07) is 3.28. The van der Waals surface area contributed by atoms with E-state index in [0.717, 1.165) is 6.07 Å². The molecule has 2 aliphatic rings. The van der Waals surface area contributed by atoms with Crippen LogP contribution in [0.25, 0.3) is 11.3 Å². The molecular weight excluding hydrogens is 476 g/mol. The number of nitrogens with zero attached hydrogens (tertiary/aromatic N) is 3. The van der Waals surface area contributed by atoms with E-state index in [-0.39, 0.29) is 64.7 Å². The normalized spacial score (nSPS) is 18.2. The van der Waals surface area contributed by atoms with Crippen LogP contribution in [0.15, 0.2) is 18.2 Å². The Morgan fingerprint density at radius 1 is 1.27 bits per heavy atom. The maximum atomic E-state index is 14.4. The lowest BCUT2D eigenvalue weighted by Gasteiger charge is -2.40. The fourth-order valence-corrected chi connectivity index (χ4v) is 4.37. The lowest BCUT2D eigenvalue weighted by molar-refractivity contribution is 0.000951. The highest BCUT2D eigenvalue weighted by molar-refractivity contribution is 6.38. The molecule has 0 aliphatic carbocycles. The smallest absolute Gasteiger partial charge is 0.410 e. The third kappa shape index (κ3) is 4.39. The monoisotopic (exact) mass is 497 g/mol. The summed E-state index contributed by atoms with van der Waals surface area (Å²) in [6.07, 6.45) is -0.480. The minimum Gasteiger partial charge on any atom is -0.507 e. The van der Waals surface area contributed by atoms with Gasteiger partial charge in [-0.1, -0.05) is 29.3 Å². The number of carbonyl (C=O) groups is 2. The van der Waals surface area contributed by atoms with Gasteiger partial charge < -0.3 is 24.4 Å². The summed E-state index contributed by atoms with van der Waals surface area (Å²) < 4.78 is 25.8. The number of hydrogen-bond donors (Lipinski definition) is 1. The molecule has 1 N–H and O–H groups in total. The molecule has 4 rings (SSSR count). The highest BCUT2D eigenvalue weighted by atomic mass is 35.5. The Bertz CT molecular complexity index is 1120. The number of fused-ring (bicyclic) bond motifs is 2. The second-order valence-corrected chi connectivity index (χ2v) is 9.53. The Morgan fingerprint density at radius 2 is 2.00 bits per heavy atom. The van der Waals surface area contributed by atoms with E-state index in [1.54, 1.807) is 25.7 Å². The average Bonchev–Trinajstić information content (AvgIpc) is 2.87. The summed E-state index contributed by atoms with van der Waals surface area (Å²) >= 11 is 12.8. The van der Waals surface area contributed by atoms with Crippen LogP contribution in [0.4, 0.5) is 9.18 Å². The third-order valence-electron chi connectivity index (χ3n) is 5.31. The summed E-state index contributed by atoms with van der Waals surface area (Å²) in [5.41, 5.74) is -1.09. The molecule has 2 aliphatic heterocycles. The van der Waals surface area contributed by atoms with Gasteiger partial charge in [-0.3, -0.25) is 4.79 Å². The van der Waals surface area contributed by atoms with Crippen molar-refractivity contribution in [1.29, 1.82) is 0 Å².